The summed E-state index contributed by atoms with van der Waals surface area (Å²) in [5, 5.41) is 10.1. The van der Waals surface area contributed by atoms with E-state index in [9.17, 15) is 9.90 Å². The molecule has 3 rings (SSSR count). The maximum absolute atomic E-state index is 12.7. The van der Waals surface area contributed by atoms with Crippen molar-refractivity contribution in [3.8, 4) is 0 Å². The second-order valence-corrected chi connectivity index (χ2v) is 7.66. The van der Waals surface area contributed by atoms with E-state index in [1.807, 2.05) is 18.2 Å². The number of amidine groups is 1. The van der Waals surface area contributed by atoms with Gasteiger partial charge in [-0.1, -0.05) is 53.7 Å². The number of amides is 1. The van der Waals surface area contributed by atoms with E-state index < -0.39 is 0 Å². The Kier molecular flexibility index (Phi) is 5.23. The molecule has 1 unspecified atom stereocenters. The van der Waals surface area contributed by atoms with Crippen LogP contribution in [-0.4, -0.2) is 38.9 Å². The molecule has 124 valence electrons. The molecule has 5 nitrogen and oxygen atoms in total. The summed E-state index contributed by atoms with van der Waals surface area (Å²) < 4.78 is 0.484. The van der Waals surface area contributed by atoms with Crippen molar-refractivity contribution in [3.63, 3.8) is 0 Å². The molecule has 8 heteroatoms. The van der Waals surface area contributed by atoms with Crippen molar-refractivity contribution >= 4 is 51.3 Å². The quantitative estimate of drug-likeness (QED) is 0.646. The van der Waals surface area contributed by atoms with E-state index in [4.69, 9.17) is 11.6 Å². The first-order valence-corrected chi connectivity index (χ1v) is 9.28. The van der Waals surface area contributed by atoms with Gasteiger partial charge in [0.15, 0.2) is 9.63 Å². The number of hydrogen-bond donors (Lipinski definition) is 1. The first-order valence-electron chi connectivity index (χ1n) is 7.10. The zero-order valence-corrected chi connectivity index (χ0v) is 15.1. The van der Waals surface area contributed by atoms with Crippen LogP contribution in [0.25, 0.3) is 5.57 Å². The van der Waals surface area contributed by atoms with Crippen molar-refractivity contribution in [1.82, 2.24) is 9.88 Å². The van der Waals surface area contributed by atoms with Crippen LogP contribution in [0.1, 0.15) is 16.5 Å². The number of carbonyl (C=O) groups excluding carboxylic acids is 1. The van der Waals surface area contributed by atoms with E-state index in [0.29, 0.717) is 15.2 Å². The third-order valence-electron chi connectivity index (χ3n) is 3.50. The summed E-state index contributed by atoms with van der Waals surface area (Å²) in [6, 6.07) is 8.99. The van der Waals surface area contributed by atoms with Gasteiger partial charge in [-0.2, -0.15) is 0 Å². The normalized spacial score (nSPS) is 17.7. The number of rotatable bonds is 3. The number of thiazole rings is 1. The van der Waals surface area contributed by atoms with Gasteiger partial charge in [-0.15, -0.1) is 11.3 Å². The Morgan fingerprint density at radius 1 is 1.42 bits per heavy atom. The van der Waals surface area contributed by atoms with Crippen LogP contribution in [0.15, 0.2) is 47.8 Å². The van der Waals surface area contributed by atoms with Crippen LogP contribution in [0.2, 0.25) is 4.47 Å². The molecule has 24 heavy (non-hydrogen) atoms. The molecule has 2 heterocycles. The lowest BCUT2D eigenvalue weighted by Crippen LogP contribution is -2.31. The molecule has 0 saturated carbocycles. The van der Waals surface area contributed by atoms with Crippen LogP contribution in [0.5, 0.6) is 0 Å². The monoisotopic (exact) mass is 379 g/mol. The van der Waals surface area contributed by atoms with Crippen LogP contribution < -0.4 is 0 Å². The Morgan fingerprint density at radius 3 is 2.79 bits per heavy atom. The highest BCUT2D eigenvalue weighted by molar-refractivity contribution is 8.14. The molecule has 1 aromatic heterocycles. The lowest BCUT2D eigenvalue weighted by molar-refractivity contribution is -0.120. The summed E-state index contributed by atoms with van der Waals surface area (Å²) in [6.07, 6.45) is 2.56. The molecular weight excluding hydrogens is 366 g/mol. The van der Waals surface area contributed by atoms with Gasteiger partial charge in [0, 0.05) is 19.0 Å². The summed E-state index contributed by atoms with van der Waals surface area (Å²) in [5.74, 6) is 0.424. The average molecular weight is 380 g/mol. The van der Waals surface area contributed by atoms with Crippen LogP contribution in [0, 0.1) is 0 Å². The van der Waals surface area contributed by atoms with Crippen LogP contribution in [0.4, 0.5) is 0 Å². The van der Waals surface area contributed by atoms with Gasteiger partial charge in [-0.3, -0.25) is 14.7 Å². The zero-order chi connectivity index (χ0) is 17.1. The zero-order valence-electron chi connectivity index (χ0n) is 12.7. The number of thioether (sulfide) groups is 1. The first kappa shape index (κ1) is 17.0. The van der Waals surface area contributed by atoms with Crippen molar-refractivity contribution in [2.75, 3.05) is 12.8 Å². The fourth-order valence-electron chi connectivity index (χ4n) is 2.25. The number of aliphatic imine (C=N–C) groups is 1. The fraction of sp³-hybridized carbons (Fsp3) is 0.188. The molecule has 2 aromatic rings. The Balaban J connectivity index is 1.78. The van der Waals surface area contributed by atoms with Gasteiger partial charge in [0.1, 0.15) is 0 Å². The van der Waals surface area contributed by atoms with E-state index in [2.05, 4.69) is 9.98 Å². The number of aliphatic hydroxyl groups is 1. The van der Waals surface area contributed by atoms with E-state index >= 15 is 0 Å². The predicted molar refractivity (Wildman–Crippen MR) is 99.6 cm³/mol. The Hall–Kier alpha value is -1.83. The summed E-state index contributed by atoms with van der Waals surface area (Å²) in [4.78, 5) is 23.7. The predicted octanol–water partition coefficient (Wildman–Crippen LogP) is 4.00. The van der Waals surface area contributed by atoms with Crippen molar-refractivity contribution < 1.29 is 9.90 Å². The SMILES string of the molecule is CN(C(=O)/C(=C/O)c1ccccc1)C1=NC(c2cnc(Cl)s2)CS1. The summed E-state index contributed by atoms with van der Waals surface area (Å²) >= 11 is 8.76. The number of hydrogen-bond acceptors (Lipinski definition) is 6. The number of benzene rings is 1. The molecule has 1 N–H and O–H groups in total. The van der Waals surface area contributed by atoms with Crippen molar-refractivity contribution in [2.24, 2.45) is 4.99 Å². The maximum atomic E-state index is 12.7. The van der Waals surface area contributed by atoms with Gasteiger partial charge in [0.05, 0.1) is 22.8 Å². The fourth-order valence-corrected chi connectivity index (χ4v) is 4.39. The minimum Gasteiger partial charge on any atom is -0.515 e. The second-order valence-electron chi connectivity index (χ2n) is 5.03. The van der Waals surface area contributed by atoms with Gasteiger partial charge in [-0.05, 0) is 5.56 Å². The standard InChI is InChI=1S/C16H14ClN3O2S2/c1-20(14(22)11(8-21)10-5-3-2-4-6-10)16-19-12(9-23-16)13-7-18-15(17)24-13/h2-8,12,21H,9H2,1H3/b11-8+. The minimum absolute atomic E-state index is 0.0523. The highest BCUT2D eigenvalue weighted by Gasteiger charge is 2.28. The molecule has 1 atom stereocenters. The van der Waals surface area contributed by atoms with Crippen molar-refractivity contribution in [1.29, 1.82) is 0 Å². The molecule has 1 aromatic carbocycles. The average Bonchev–Trinajstić information content (AvgIpc) is 3.24. The van der Waals surface area contributed by atoms with Gasteiger partial charge in [0.25, 0.3) is 5.91 Å². The van der Waals surface area contributed by atoms with Gasteiger partial charge in [-0.25, -0.2) is 4.98 Å². The molecule has 0 aliphatic carbocycles. The van der Waals surface area contributed by atoms with E-state index in [0.717, 1.165) is 16.9 Å². The topological polar surface area (TPSA) is 65.8 Å². The summed E-state index contributed by atoms with van der Waals surface area (Å²) in [6.45, 7) is 0. The van der Waals surface area contributed by atoms with Gasteiger partial charge >= 0.3 is 0 Å². The van der Waals surface area contributed by atoms with Crippen molar-refractivity contribution in [2.45, 2.75) is 6.04 Å². The number of aliphatic hydroxyl groups excluding tert-OH is 1. The first-order chi connectivity index (χ1) is 11.6. The third kappa shape index (κ3) is 3.48. The molecule has 1 aliphatic rings. The number of nitrogens with zero attached hydrogens (tertiary/aromatic N) is 3. The van der Waals surface area contributed by atoms with Crippen LogP contribution in [-0.2, 0) is 4.79 Å². The van der Waals surface area contributed by atoms with E-state index in [-0.39, 0.29) is 17.5 Å². The molecular formula is C16H14ClN3O2S2. The molecule has 1 aliphatic heterocycles. The molecule has 0 radical (unpaired) electrons. The Bertz CT molecular complexity index is 805. The number of carbonyl (C=O) groups is 1. The molecule has 0 saturated heterocycles. The van der Waals surface area contributed by atoms with Gasteiger partial charge < -0.3 is 5.11 Å². The van der Waals surface area contributed by atoms with Crippen LogP contribution >= 0.6 is 34.7 Å². The summed E-state index contributed by atoms with van der Waals surface area (Å²) in [5.41, 5.74) is 0.886. The maximum Gasteiger partial charge on any atom is 0.263 e. The highest BCUT2D eigenvalue weighted by atomic mass is 35.5. The van der Waals surface area contributed by atoms with E-state index in [1.165, 1.54) is 28.0 Å². The lowest BCUT2D eigenvalue weighted by atomic mass is 10.1. The largest absolute Gasteiger partial charge is 0.515 e. The summed E-state index contributed by atoms with van der Waals surface area (Å²) in [7, 11) is 1.66. The minimum atomic E-state index is -0.307. The third-order valence-corrected chi connectivity index (χ3v) is 5.83. The molecule has 0 fully saturated rings. The Labute approximate surface area is 152 Å². The molecule has 0 spiro atoms. The smallest absolute Gasteiger partial charge is 0.263 e. The molecule has 1 amide bonds. The van der Waals surface area contributed by atoms with Crippen molar-refractivity contribution in [3.05, 3.63) is 57.7 Å². The lowest BCUT2D eigenvalue weighted by Gasteiger charge is -2.17. The molecule has 0 bridgehead atoms. The Morgan fingerprint density at radius 2 is 2.17 bits per heavy atom. The number of halogens is 1. The number of likely N-dealkylation sites (N-methyl/N-ethyl adjacent to an activating group) is 1. The number of aromatic nitrogens is 1. The second kappa shape index (κ2) is 7.38. The highest BCUT2D eigenvalue weighted by Crippen LogP contribution is 2.35. The van der Waals surface area contributed by atoms with Gasteiger partial charge in [0.2, 0.25) is 0 Å². The van der Waals surface area contributed by atoms with Crippen LogP contribution in [0.3, 0.4) is 0 Å². The van der Waals surface area contributed by atoms with E-state index in [1.54, 1.807) is 25.4 Å².